The number of methoxy groups -OCH3 is 2. The van der Waals surface area contributed by atoms with Crippen molar-refractivity contribution in [3.63, 3.8) is 0 Å². The second-order valence-electron chi connectivity index (χ2n) is 4.38. The first kappa shape index (κ1) is 17.6. The summed E-state index contributed by atoms with van der Waals surface area (Å²) in [5.41, 5.74) is 0.184. The molecule has 0 spiro atoms. The number of nitriles is 1. The van der Waals surface area contributed by atoms with Crippen molar-refractivity contribution in [1.29, 1.82) is 5.26 Å². The number of anilines is 1. The highest BCUT2D eigenvalue weighted by atomic mass is 32.2. The van der Waals surface area contributed by atoms with E-state index in [2.05, 4.69) is 5.32 Å². The van der Waals surface area contributed by atoms with Crippen molar-refractivity contribution in [1.82, 2.24) is 4.72 Å². The maximum atomic E-state index is 12.0. The highest BCUT2D eigenvalue weighted by Gasteiger charge is 2.19. The maximum Gasteiger partial charge on any atom is 0.333 e. The Labute approximate surface area is 142 Å². The molecular formula is C14H13N3O5S2. The molecule has 0 fully saturated rings. The van der Waals surface area contributed by atoms with E-state index in [4.69, 9.17) is 14.7 Å². The number of urea groups is 1. The first-order valence-electron chi connectivity index (χ1n) is 6.43. The van der Waals surface area contributed by atoms with E-state index in [1.807, 2.05) is 10.8 Å². The Morgan fingerprint density at radius 2 is 1.92 bits per heavy atom. The summed E-state index contributed by atoms with van der Waals surface area (Å²) in [6.45, 7) is 0. The Morgan fingerprint density at radius 1 is 1.25 bits per heavy atom. The SMILES string of the molecule is COc1cc(C#N)c(NC(=O)NS(=O)(=O)c2ccsc2)cc1OC. The molecule has 1 aromatic carbocycles. The molecule has 0 unspecified atom stereocenters. The number of nitrogens with zero attached hydrogens (tertiary/aromatic N) is 1. The minimum absolute atomic E-state index is 0.0181. The van der Waals surface area contributed by atoms with Crippen LogP contribution in [0.3, 0.4) is 0 Å². The lowest BCUT2D eigenvalue weighted by Gasteiger charge is -2.13. The minimum Gasteiger partial charge on any atom is -0.493 e. The standard InChI is InChI=1S/C14H13N3O5S2/c1-21-12-5-9(7-15)11(6-13(12)22-2)16-14(18)17-24(19,20)10-3-4-23-8-10/h3-6,8H,1-2H3,(H2,16,17,18). The van der Waals surface area contributed by atoms with Crippen LogP contribution in [0.2, 0.25) is 0 Å². The third kappa shape index (κ3) is 3.76. The summed E-state index contributed by atoms with van der Waals surface area (Å²) >= 11 is 1.19. The number of hydrogen-bond donors (Lipinski definition) is 2. The lowest BCUT2D eigenvalue weighted by molar-refractivity contribution is 0.256. The number of rotatable bonds is 5. The van der Waals surface area contributed by atoms with E-state index in [1.54, 1.807) is 5.38 Å². The molecule has 0 radical (unpaired) electrons. The van der Waals surface area contributed by atoms with Gasteiger partial charge < -0.3 is 14.8 Å². The third-order valence-corrected chi connectivity index (χ3v) is 5.09. The van der Waals surface area contributed by atoms with E-state index in [1.165, 1.54) is 49.1 Å². The summed E-state index contributed by atoms with van der Waals surface area (Å²) in [6.07, 6.45) is 0. The van der Waals surface area contributed by atoms with Crippen LogP contribution in [0.1, 0.15) is 5.56 Å². The van der Waals surface area contributed by atoms with E-state index in [-0.39, 0.29) is 21.9 Å². The Hall–Kier alpha value is -2.77. The van der Waals surface area contributed by atoms with Gasteiger partial charge in [-0.2, -0.15) is 16.6 Å². The summed E-state index contributed by atoms with van der Waals surface area (Å²) in [6, 6.07) is 5.01. The zero-order chi connectivity index (χ0) is 17.7. The van der Waals surface area contributed by atoms with Gasteiger partial charge in [0, 0.05) is 17.5 Å². The van der Waals surface area contributed by atoms with Crippen LogP contribution in [0.4, 0.5) is 10.5 Å². The molecule has 2 amide bonds. The van der Waals surface area contributed by atoms with Gasteiger partial charge in [0.1, 0.15) is 6.07 Å². The molecule has 0 aliphatic rings. The number of ether oxygens (including phenoxy) is 2. The number of nitrogens with one attached hydrogen (secondary N) is 2. The van der Waals surface area contributed by atoms with Gasteiger partial charge in [-0.25, -0.2) is 17.9 Å². The second-order valence-corrected chi connectivity index (χ2v) is 6.85. The smallest absolute Gasteiger partial charge is 0.333 e. The summed E-state index contributed by atoms with van der Waals surface area (Å²) in [4.78, 5) is 11.9. The Bertz CT molecular complexity index is 886. The van der Waals surface area contributed by atoms with Crippen molar-refractivity contribution >= 4 is 33.1 Å². The van der Waals surface area contributed by atoms with Crippen molar-refractivity contribution in [2.45, 2.75) is 4.90 Å². The zero-order valence-electron chi connectivity index (χ0n) is 12.7. The average molecular weight is 367 g/mol. The van der Waals surface area contributed by atoms with Gasteiger partial charge in [-0.15, -0.1) is 0 Å². The lowest BCUT2D eigenvalue weighted by Crippen LogP contribution is -2.34. The van der Waals surface area contributed by atoms with Crippen LogP contribution in [-0.2, 0) is 10.0 Å². The molecule has 2 aromatic rings. The van der Waals surface area contributed by atoms with Gasteiger partial charge >= 0.3 is 6.03 Å². The van der Waals surface area contributed by atoms with Crippen molar-refractivity contribution < 1.29 is 22.7 Å². The second kappa shape index (κ2) is 7.20. The number of carbonyl (C=O) groups is 1. The fourth-order valence-corrected chi connectivity index (χ4v) is 3.74. The number of amides is 2. The topological polar surface area (TPSA) is 118 Å². The fourth-order valence-electron chi connectivity index (χ4n) is 1.81. The van der Waals surface area contributed by atoms with Crippen molar-refractivity contribution in [2.24, 2.45) is 0 Å². The predicted octanol–water partition coefficient (Wildman–Crippen LogP) is 2.15. The van der Waals surface area contributed by atoms with E-state index in [9.17, 15) is 13.2 Å². The van der Waals surface area contributed by atoms with E-state index >= 15 is 0 Å². The van der Waals surface area contributed by atoms with Gasteiger partial charge in [-0.1, -0.05) is 0 Å². The van der Waals surface area contributed by atoms with Crippen molar-refractivity contribution in [3.05, 3.63) is 34.5 Å². The molecule has 10 heteroatoms. The highest BCUT2D eigenvalue weighted by Crippen LogP contribution is 2.33. The van der Waals surface area contributed by atoms with Crippen LogP contribution >= 0.6 is 11.3 Å². The normalized spacial score (nSPS) is 10.5. The Balaban J connectivity index is 2.24. The van der Waals surface area contributed by atoms with Crippen LogP contribution in [0.15, 0.2) is 33.9 Å². The number of sulfonamides is 1. The summed E-state index contributed by atoms with van der Waals surface area (Å²) < 4.78 is 36.0. The van der Waals surface area contributed by atoms with Gasteiger partial charge in [0.15, 0.2) is 11.5 Å². The molecule has 126 valence electrons. The number of carbonyl (C=O) groups excluding carboxylic acids is 1. The van der Waals surface area contributed by atoms with E-state index < -0.39 is 16.1 Å². The number of hydrogen-bond acceptors (Lipinski definition) is 7. The molecule has 1 heterocycles. The van der Waals surface area contributed by atoms with Gasteiger partial charge in [-0.3, -0.25) is 0 Å². The number of thiophene rings is 1. The molecule has 2 N–H and O–H groups in total. The molecule has 0 saturated carbocycles. The first-order chi connectivity index (χ1) is 11.4. The molecule has 8 nitrogen and oxygen atoms in total. The van der Waals surface area contributed by atoms with Gasteiger partial charge in [0.05, 0.1) is 30.4 Å². The Kier molecular flexibility index (Phi) is 5.28. The summed E-state index contributed by atoms with van der Waals surface area (Å²) in [5.74, 6) is 0.596. The summed E-state index contributed by atoms with van der Waals surface area (Å²) in [7, 11) is -1.17. The molecular weight excluding hydrogens is 354 g/mol. The van der Waals surface area contributed by atoms with E-state index in [0.717, 1.165) is 0 Å². The molecule has 0 bridgehead atoms. The number of benzene rings is 1. The predicted molar refractivity (Wildman–Crippen MR) is 87.9 cm³/mol. The van der Waals surface area contributed by atoms with Gasteiger partial charge in [0.2, 0.25) is 0 Å². The van der Waals surface area contributed by atoms with Crippen LogP contribution in [0.5, 0.6) is 11.5 Å². The maximum absolute atomic E-state index is 12.0. The van der Waals surface area contributed by atoms with Gasteiger partial charge in [-0.05, 0) is 11.4 Å². The first-order valence-corrected chi connectivity index (χ1v) is 8.86. The average Bonchev–Trinajstić information content (AvgIpc) is 3.09. The van der Waals surface area contributed by atoms with Crippen LogP contribution in [0, 0.1) is 11.3 Å². The molecule has 0 atom stereocenters. The third-order valence-electron chi connectivity index (χ3n) is 2.92. The Morgan fingerprint density at radius 3 is 2.46 bits per heavy atom. The highest BCUT2D eigenvalue weighted by molar-refractivity contribution is 7.90. The minimum atomic E-state index is -3.97. The van der Waals surface area contributed by atoms with Crippen LogP contribution < -0.4 is 19.5 Å². The fraction of sp³-hybridized carbons (Fsp3) is 0.143. The molecule has 0 aliphatic heterocycles. The molecule has 2 rings (SSSR count). The zero-order valence-corrected chi connectivity index (χ0v) is 14.3. The molecule has 0 saturated heterocycles. The van der Waals surface area contributed by atoms with Crippen molar-refractivity contribution in [3.8, 4) is 17.6 Å². The molecule has 24 heavy (non-hydrogen) atoms. The lowest BCUT2D eigenvalue weighted by atomic mass is 10.1. The van der Waals surface area contributed by atoms with E-state index in [0.29, 0.717) is 5.75 Å². The van der Waals surface area contributed by atoms with Gasteiger partial charge in [0.25, 0.3) is 10.0 Å². The molecule has 0 aliphatic carbocycles. The van der Waals surface area contributed by atoms with Crippen LogP contribution in [0.25, 0.3) is 0 Å². The molecule has 1 aromatic heterocycles. The quantitative estimate of drug-likeness (QED) is 0.836. The van der Waals surface area contributed by atoms with Crippen LogP contribution in [-0.4, -0.2) is 28.7 Å². The monoisotopic (exact) mass is 367 g/mol. The largest absolute Gasteiger partial charge is 0.493 e. The summed E-state index contributed by atoms with van der Waals surface area (Å²) in [5, 5.41) is 14.5. The van der Waals surface area contributed by atoms with Crippen molar-refractivity contribution in [2.75, 3.05) is 19.5 Å².